The third-order valence-corrected chi connectivity index (χ3v) is 12.1. The highest BCUT2D eigenvalue weighted by Gasteiger charge is 2.28. The molecule has 4 saturated carbocycles. The van der Waals surface area contributed by atoms with Crippen molar-refractivity contribution in [3.05, 3.63) is 70.8 Å². The highest BCUT2D eigenvalue weighted by Crippen LogP contribution is 2.44. The summed E-state index contributed by atoms with van der Waals surface area (Å²) in [5, 5.41) is 0. The van der Waals surface area contributed by atoms with Gasteiger partial charge in [-0.1, -0.05) is 115 Å². The molecule has 0 spiro atoms. The Morgan fingerprint density at radius 2 is 0.786 bits per heavy atom. The molecule has 4 fully saturated rings. The highest BCUT2D eigenvalue weighted by atomic mass is 14.3. The van der Waals surface area contributed by atoms with Crippen molar-refractivity contribution in [2.75, 3.05) is 0 Å². The Labute approximate surface area is 260 Å². The van der Waals surface area contributed by atoms with Crippen molar-refractivity contribution in [3.63, 3.8) is 0 Å². The lowest BCUT2D eigenvalue weighted by molar-refractivity contribution is 0.288. The molecular formula is C42H64. The van der Waals surface area contributed by atoms with Crippen molar-refractivity contribution >= 4 is 0 Å². The molecule has 0 radical (unpaired) electrons. The van der Waals surface area contributed by atoms with Gasteiger partial charge >= 0.3 is 0 Å². The maximum absolute atomic E-state index is 2.44. The van der Waals surface area contributed by atoms with E-state index >= 15 is 0 Å². The Kier molecular flexibility index (Phi) is 12.1. The van der Waals surface area contributed by atoms with Gasteiger partial charge in [0, 0.05) is 0 Å². The highest BCUT2D eigenvalue weighted by molar-refractivity contribution is 5.30. The first-order valence-electron chi connectivity index (χ1n) is 18.7. The lowest BCUT2D eigenvalue weighted by atomic mass is 9.72. The summed E-state index contributed by atoms with van der Waals surface area (Å²) in [4.78, 5) is 0. The number of benzene rings is 2. The van der Waals surface area contributed by atoms with Crippen LogP contribution in [0.1, 0.15) is 189 Å². The maximum atomic E-state index is 2.44. The topological polar surface area (TPSA) is 0 Å². The van der Waals surface area contributed by atoms with Gasteiger partial charge in [0.1, 0.15) is 0 Å². The van der Waals surface area contributed by atoms with Gasteiger partial charge in [-0.05, 0) is 147 Å². The lowest BCUT2D eigenvalue weighted by Crippen LogP contribution is -2.19. The fourth-order valence-electron chi connectivity index (χ4n) is 9.09. The molecule has 0 bridgehead atoms. The van der Waals surface area contributed by atoms with Crippen molar-refractivity contribution < 1.29 is 0 Å². The molecule has 2 aromatic rings. The summed E-state index contributed by atoms with van der Waals surface area (Å²) in [6.45, 7) is 9.39. The summed E-state index contributed by atoms with van der Waals surface area (Å²) in [5.41, 5.74) is 6.40. The smallest absolute Gasteiger partial charge is 0.0157 e. The van der Waals surface area contributed by atoms with E-state index in [0.29, 0.717) is 0 Å². The van der Waals surface area contributed by atoms with Crippen LogP contribution in [0.25, 0.3) is 0 Å². The van der Waals surface area contributed by atoms with E-state index in [4.69, 9.17) is 0 Å². The van der Waals surface area contributed by atoms with Crippen molar-refractivity contribution in [2.45, 2.75) is 167 Å². The second-order valence-electron chi connectivity index (χ2n) is 15.6. The number of unbranched alkanes of at least 4 members (excludes halogenated alkanes) is 2. The predicted octanol–water partition coefficient (Wildman–Crippen LogP) is 13.3. The quantitative estimate of drug-likeness (QED) is 0.250. The molecule has 0 aromatic heterocycles. The van der Waals surface area contributed by atoms with E-state index in [1.807, 2.05) is 0 Å². The van der Waals surface area contributed by atoms with Crippen LogP contribution in [0.2, 0.25) is 0 Å². The van der Waals surface area contributed by atoms with Gasteiger partial charge in [-0.3, -0.25) is 0 Å². The largest absolute Gasteiger partial charge is 0.0654 e. The molecule has 0 unspecified atom stereocenters. The van der Waals surface area contributed by atoms with Gasteiger partial charge in [0.2, 0.25) is 0 Å². The van der Waals surface area contributed by atoms with Gasteiger partial charge in [-0.25, -0.2) is 0 Å². The molecule has 4 aliphatic carbocycles. The first-order chi connectivity index (χ1) is 20.5. The SMILES string of the molecule is CCCC1CCC(c2ccc(C3CC(C)C3)cc2)CC1.CCCCCC1CCC(c2ccc(C3CC(C)C3)cc2)CC1. The van der Waals surface area contributed by atoms with Crippen molar-refractivity contribution in [1.82, 2.24) is 0 Å². The van der Waals surface area contributed by atoms with E-state index in [2.05, 4.69) is 76.2 Å². The molecule has 0 amide bonds. The lowest BCUT2D eigenvalue weighted by Gasteiger charge is -2.33. The van der Waals surface area contributed by atoms with Crippen LogP contribution in [0.4, 0.5) is 0 Å². The standard InChI is InChI=1S/C22H34.C20H30/c1-3-4-5-6-18-7-9-19(10-8-18)20-11-13-21(14-12-20)22-15-17(2)16-22;1-3-4-16-5-7-17(8-6-16)18-9-11-19(12-10-18)20-13-15(2)14-20/h11-14,17-19,22H,3-10,15-16H2,1-2H3;9-12,15-17,20H,3-8,13-14H2,1-2H3. The maximum Gasteiger partial charge on any atom is -0.0157 e. The van der Waals surface area contributed by atoms with Crippen LogP contribution in [-0.2, 0) is 0 Å². The normalized spacial score (nSPS) is 32.7. The average molecular weight is 569 g/mol. The number of hydrogen-bond acceptors (Lipinski definition) is 0. The minimum absolute atomic E-state index is 0.844. The van der Waals surface area contributed by atoms with Crippen LogP contribution >= 0.6 is 0 Å². The van der Waals surface area contributed by atoms with Crippen molar-refractivity contribution in [1.29, 1.82) is 0 Å². The molecule has 0 saturated heterocycles. The molecule has 2 aromatic carbocycles. The number of hydrogen-bond donors (Lipinski definition) is 0. The first kappa shape index (κ1) is 31.9. The Balaban J connectivity index is 0.000000169. The third-order valence-electron chi connectivity index (χ3n) is 12.1. The first-order valence-corrected chi connectivity index (χ1v) is 18.7. The van der Waals surface area contributed by atoms with Crippen molar-refractivity contribution in [3.8, 4) is 0 Å². The molecule has 232 valence electrons. The zero-order valence-electron chi connectivity index (χ0n) is 28.0. The Morgan fingerprint density at radius 1 is 0.429 bits per heavy atom. The zero-order valence-corrected chi connectivity index (χ0v) is 28.0. The molecule has 0 N–H and O–H groups in total. The van der Waals surface area contributed by atoms with E-state index in [-0.39, 0.29) is 0 Å². The summed E-state index contributed by atoms with van der Waals surface area (Å²) in [6, 6.07) is 19.5. The summed E-state index contributed by atoms with van der Waals surface area (Å²) in [6.07, 6.45) is 25.7. The van der Waals surface area contributed by atoms with E-state index in [0.717, 1.165) is 47.3 Å². The number of rotatable bonds is 10. The van der Waals surface area contributed by atoms with E-state index in [1.54, 1.807) is 22.3 Å². The van der Waals surface area contributed by atoms with Crippen molar-refractivity contribution in [2.24, 2.45) is 23.7 Å². The van der Waals surface area contributed by atoms with Crippen LogP contribution in [0.15, 0.2) is 48.5 Å². The minimum atomic E-state index is 0.844. The molecule has 0 atom stereocenters. The van der Waals surface area contributed by atoms with Gasteiger partial charge in [0.25, 0.3) is 0 Å². The second-order valence-corrected chi connectivity index (χ2v) is 15.6. The van der Waals surface area contributed by atoms with Gasteiger partial charge in [-0.15, -0.1) is 0 Å². The molecule has 42 heavy (non-hydrogen) atoms. The molecule has 4 aliphatic rings. The zero-order chi connectivity index (χ0) is 29.3. The fourth-order valence-corrected chi connectivity index (χ4v) is 9.09. The summed E-state index contributed by atoms with van der Waals surface area (Å²) in [5.74, 6) is 7.36. The van der Waals surface area contributed by atoms with Crippen LogP contribution in [0, 0.1) is 23.7 Å². The summed E-state index contributed by atoms with van der Waals surface area (Å²) in [7, 11) is 0. The van der Waals surface area contributed by atoms with Crippen LogP contribution in [0.3, 0.4) is 0 Å². The van der Waals surface area contributed by atoms with Crippen LogP contribution in [-0.4, -0.2) is 0 Å². The minimum Gasteiger partial charge on any atom is -0.0654 e. The molecule has 0 heteroatoms. The monoisotopic (exact) mass is 569 g/mol. The van der Waals surface area contributed by atoms with Crippen LogP contribution in [0.5, 0.6) is 0 Å². The molecular weight excluding hydrogens is 504 g/mol. The Hall–Kier alpha value is -1.56. The van der Waals surface area contributed by atoms with Gasteiger partial charge < -0.3 is 0 Å². The van der Waals surface area contributed by atoms with Gasteiger partial charge in [-0.2, -0.15) is 0 Å². The van der Waals surface area contributed by atoms with Gasteiger partial charge in [0.15, 0.2) is 0 Å². The Morgan fingerprint density at radius 3 is 1.12 bits per heavy atom. The Bertz CT molecular complexity index is 1000. The summed E-state index contributed by atoms with van der Waals surface area (Å²) < 4.78 is 0. The molecule has 6 rings (SSSR count). The predicted molar refractivity (Wildman–Crippen MR) is 184 cm³/mol. The van der Waals surface area contributed by atoms with Gasteiger partial charge in [0.05, 0.1) is 0 Å². The third kappa shape index (κ3) is 8.76. The molecule has 0 nitrogen and oxygen atoms in total. The van der Waals surface area contributed by atoms with E-state index < -0.39 is 0 Å². The average Bonchev–Trinajstić information content (AvgIpc) is 3.00. The molecule has 0 heterocycles. The fraction of sp³-hybridized carbons (Fsp3) is 0.714. The summed E-state index contributed by atoms with van der Waals surface area (Å²) >= 11 is 0. The molecule has 0 aliphatic heterocycles. The van der Waals surface area contributed by atoms with E-state index in [9.17, 15) is 0 Å². The van der Waals surface area contributed by atoms with E-state index in [1.165, 1.54) is 116 Å². The second kappa shape index (κ2) is 16.0. The van der Waals surface area contributed by atoms with Crippen LogP contribution < -0.4 is 0 Å².